The molecule has 0 fully saturated rings. The molecule has 0 radical (unpaired) electrons. The lowest BCUT2D eigenvalue weighted by Crippen LogP contribution is -1.83. The van der Waals surface area contributed by atoms with E-state index >= 15 is 0 Å². The van der Waals surface area contributed by atoms with Gasteiger partial charge in [-0.2, -0.15) is 0 Å². The van der Waals surface area contributed by atoms with Gasteiger partial charge in [-0.3, -0.25) is 0 Å². The molecule has 0 N–H and O–H groups in total. The second kappa shape index (κ2) is 3.40. The topological polar surface area (TPSA) is 21.6 Å². The van der Waals surface area contributed by atoms with Crippen LogP contribution in [0.2, 0.25) is 0 Å². The summed E-state index contributed by atoms with van der Waals surface area (Å²) < 4.78 is 4.77. The fourth-order valence-corrected chi connectivity index (χ4v) is 0.212. The maximum Gasteiger partial charge on any atom is 0.205 e. The van der Waals surface area contributed by atoms with Crippen molar-refractivity contribution in [1.82, 2.24) is 0 Å². The Morgan fingerprint density at radius 2 is 2.43 bits per heavy atom. The molecule has 2 heteroatoms. The smallest absolute Gasteiger partial charge is 0.205 e. The van der Waals surface area contributed by atoms with Crippen LogP contribution < -0.4 is 0 Å². The van der Waals surface area contributed by atoms with Crippen molar-refractivity contribution in [2.24, 2.45) is 4.99 Å². The van der Waals surface area contributed by atoms with Crippen LogP contribution in [-0.2, 0) is 4.74 Å². The zero-order valence-corrected chi connectivity index (χ0v) is 4.48. The summed E-state index contributed by atoms with van der Waals surface area (Å²) >= 11 is 0. The van der Waals surface area contributed by atoms with Gasteiger partial charge in [0.2, 0.25) is 5.88 Å². The van der Waals surface area contributed by atoms with Gasteiger partial charge in [-0.05, 0) is 20.2 Å². The first-order chi connectivity index (χ1) is 3.31. The van der Waals surface area contributed by atoms with Gasteiger partial charge in [-0.15, -0.1) is 0 Å². The van der Waals surface area contributed by atoms with Crippen molar-refractivity contribution in [3.05, 3.63) is 12.5 Å². The molecular formula is C5H9NO. The molecule has 0 aliphatic heterocycles. The molecular weight excluding hydrogens is 90.1 g/mol. The number of nitrogens with zero attached hydrogens (tertiary/aromatic N) is 1. The van der Waals surface area contributed by atoms with Gasteiger partial charge in [0.1, 0.15) is 0 Å². The van der Waals surface area contributed by atoms with E-state index in [9.17, 15) is 0 Å². The third kappa shape index (κ3) is 3.03. The van der Waals surface area contributed by atoms with Gasteiger partial charge in [0.15, 0.2) is 0 Å². The van der Waals surface area contributed by atoms with Gasteiger partial charge >= 0.3 is 0 Å². The molecule has 0 saturated heterocycles. The van der Waals surface area contributed by atoms with Crippen molar-refractivity contribution in [3.63, 3.8) is 0 Å². The van der Waals surface area contributed by atoms with E-state index in [-0.39, 0.29) is 0 Å². The van der Waals surface area contributed by atoms with Gasteiger partial charge in [-0.25, -0.2) is 4.99 Å². The summed E-state index contributed by atoms with van der Waals surface area (Å²) in [7, 11) is 0. The second-order valence-corrected chi connectivity index (χ2v) is 0.985. The fraction of sp³-hybridized carbons (Fsp3) is 0.400. The summed E-state index contributed by atoms with van der Waals surface area (Å²) in [6, 6.07) is 0. The largest absolute Gasteiger partial charge is 0.478 e. The average molecular weight is 99.1 g/mol. The van der Waals surface area contributed by atoms with Crippen molar-refractivity contribution in [2.45, 2.75) is 6.92 Å². The molecule has 0 spiro atoms. The van der Waals surface area contributed by atoms with Crippen LogP contribution in [0.3, 0.4) is 0 Å². The van der Waals surface area contributed by atoms with E-state index in [1.807, 2.05) is 6.92 Å². The molecule has 0 atom stereocenters. The molecule has 0 saturated carbocycles. The molecule has 0 rings (SSSR count). The average Bonchev–Trinajstić information content (AvgIpc) is 1.68. The highest BCUT2D eigenvalue weighted by Gasteiger charge is 1.78. The zero-order chi connectivity index (χ0) is 5.70. The first-order valence-electron chi connectivity index (χ1n) is 2.09. The highest BCUT2D eigenvalue weighted by atomic mass is 16.5. The molecule has 0 aliphatic carbocycles. The normalized spacial score (nSPS) is 7.57. The summed E-state index contributed by atoms with van der Waals surface area (Å²) in [6.07, 6.45) is 0. The Morgan fingerprint density at radius 1 is 1.86 bits per heavy atom. The quantitative estimate of drug-likeness (QED) is 0.384. The Labute approximate surface area is 43.5 Å². The van der Waals surface area contributed by atoms with Crippen LogP contribution in [-0.4, -0.2) is 13.3 Å². The van der Waals surface area contributed by atoms with Crippen molar-refractivity contribution in [3.8, 4) is 0 Å². The molecule has 7 heavy (non-hydrogen) atoms. The van der Waals surface area contributed by atoms with Crippen LogP contribution in [0.4, 0.5) is 0 Å². The third-order valence-corrected chi connectivity index (χ3v) is 0.487. The van der Waals surface area contributed by atoms with Crippen LogP contribution >= 0.6 is 0 Å². The molecule has 2 nitrogen and oxygen atoms in total. The Hall–Kier alpha value is -0.790. The molecule has 0 unspecified atom stereocenters. The lowest BCUT2D eigenvalue weighted by molar-refractivity contribution is 0.229. The number of hydrogen-bond donors (Lipinski definition) is 0. The predicted octanol–water partition coefficient (Wildman–Crippen LogP) is 1.19. The lowest BCUT2D eigenvalue weighted by Gasteiger charge is -1.95. The molecule has 0 bridgehead atoms. The van der Waals surface area contributed by atoms with Crippen molar-refractivity contribution < 1.29 is 4.74 Å². The van der Waals surface area contributed by atoms with E-state index in [2.05, 4.69) is 18.3 Å². The summed E-state index contributed by atoms with van der Waals surface area (Å²) in [5.74, 6) is 0.391. The highest BCUT2D eigenvalue weighted by molar-refractivity contribution is 5.26. The minimum Gasteiger partial charge on any atom is -0.478 e. The molecule has 0 heterocycles. The van der Waals surface area contributed by atoms with Crippen LogP contribution in [0.15, 0.2) is 17.5 Å². The summed E-state index contributed by atoms with van der Waals surface area (Å²) in [4.78, 5) is 3.41. The minimum absolute atomic E-state index is 0.391. The number of ether oxygens (including phenoxy) is 1. The first kappa shape index (κ1) is 6.21. The van der Waals surface area contributed by atoms with Crippen molar-refractivity contribution >= 4 is 6.72 Å². The van der Waals surface area contributed by atoms with Crippen LogP contribution in [0.5, 0.6) is 0 Å². The van der Waals surface area contributed by atoms with Gasteiger partial charge in [0.25, 0.3) is 0 Å². The summed E-state index contributed by atoms with van der Waals surface area (Å²) in [5, 5.41) is 0. The van der Waals surface area contributed by atoms with E-state index in [4.69, 9.17) is 4.74 Å². The second-order valence-electron chi connectivity index (χ2n) is 0.985. The van der Waals surface area contributed by atoms with Gasteiger partial charge in [0.05, 0.1) is 6.61 Å². The molecule has 40 valence electrons. The number of aliphatic imine (C=N–C) groups is 1. The SMILES string of the molecule is C=NC(=C)OCC. The predicted molar refractivity (Wildman–Crippen MR) is 30.3 cm³/mol. The van der Waals surface area contributed by atoms with Crippen LogP contribution in [0.1, 0.15) is 6.92 Å². The van der Waals surface area contributed by atoms with Crippen LogP contribution in [0, 0.1) is 0 Å². The van der Waals surface area contributed by atoms with E-state index < -0.39 is 0 Å². The molecule has 0 aromatic carbocycles. The zero-order valence-electron chi connectivity index (χ0n) is 4.48. The molecule has 0 aromatic heterocycles. The maximum absolute atomic E-state index is 4.77. The van der Waals surface area contributed by atoms with Crippen LogP contribution in [0.25, 0.3) is 0 Å². The lowest BCUT2D eigenvalue weighted by atomic mass is 10.8. The van der Waals surface area contributed by atoms with Gasteiger partial charge in [0, 0.05) is 0 Å². The van der Waals surface area contributed by atoms with E-state index in [0.29, 0.717) is 12.5 Å². The fourth-order valence-electron chi connectivity index (χ4n) is 0.212. The Bertz CT molecular complexity index is 78.1. The monoisotopic (exact) mass is 99.1 g/mol. The molecule has 0 aromatic rings. The number of hydrogen-bond acceptors (Lipinski definition) is 2. The van der Waals surface area contributed by atoms with Gasteiger partial charge < -0.3 is 4.74 Å². The van der Waals surface area contributed by atoms with E-state index in [0.717, 1.165) is 0 Å². The van der Waals surface area contributed by atoms with Crippen molar-refractivity contribution in [1.29, 1.82) is 0 Å². The van der Waals surface area contributed by atoms with Crippen molar-refractivity contribution in [2.75, 3.05) is 6.61 Å². The standard InChI is InChI=1S/C5H9NO/c1-4-7-5(2)6-3/h2-4H2,1H3. The summed E-state index contributed by atoms with van der Waals surface area (Å²) in [6.45, 7) is 9.10. The number of rotatable bonds is 3. The maximum atomic E-state index is 4.77. The Morgan fingerprint density at radius 3 is 2.57 bits per heavy atom. The van der Waals surface area contributed by atoms with Gasteiger partial charge in [-0.1, -0.05) is 0 Å². The first-order valence-corrected chi connectivity index (χ1v) is 2.09. The minimum atomic E-state index is 0.391. The Balaban J connectivity index is 3.17. The highest BCUT2D eigenvalue weighted by Crippen LogP contribution is 1.89. The Kier molecular flexibility index (Phi) is 3.02. The van der Waals surface area contributed by atoms with E-state index in [1.54, 1.807) is 0 Å². The van der Waals surface area contributed by atoms with E-state index in [1.165, 1.54) is 0 Å². The molecule has 0 amide bonds. The third-order valence-electron chi connectivity index (χ3n) is 0.487. The summed E-state index contributed by atoms with van der Waals surface area (Å²) in [5.41, 5.74) is 0. The molecule has 0 aliphatic rings.